The van der Waals surface area contributed by atoms with E-state index in [2.05, 4.69) is 5.28 Å². The fourth-order valence-corrected chi connectivity index (χ4v) is 1.17. The van der Waals surface area contributed by atoms with Gasteiger partial charge in [-0.05, 0) is 18.2 Å². The standard InChI is InChI=1S/C9H12N2O4/c1-14-8-4-3-7(5-9(8)15-2)6-11(13)10-12/h3-5,12H,6H2,1-2H3/b11-10-. The molecule has 0 saturated carbocycles. The normalized spacial score (nSPS) is 11.2. The van der Waals surface area contributed by atoms with Crippen molar-refractivity contribution in [3.05, 3.63) is 29.0 Å². The van der Waals surface area contributed by atoms with Gasteiger partial charge >= 0.3 is 0 Å². The van der Waals surface area contributed by atoms with Gasteiger partial charge in [0.25, 0.3) is 0 Å². The van der Waals surface area contributed by atoms with Gasteiger partial charge in [0.05, 0.1) is 14.2 Å². The Bertz CT molecular complexity index is 365. The topological polar surface area (TPSA) is 77.1 Å². The van der Waals surface area contributed by atoms with Crippen LogP contribution >= 0.6 is 0 Å². The molecule has 0 atom stereocenters. The van der Waals surface area contributed by atoms with Crippen molar-refractivity contribution in [2.75, 3.05) is 14.2 Å². The second kappa shape index (κ2) is 5.04. The van der Waals surface area contributed by atoms with Crippen LogP contribution in [-0.2, 0) is 6.54 Å². The summed E-state index contributed by atoms with van der Waals surface area (Å²) in [7, 11) is 3.04. The summed E-state index contributed by atoms with van der Waals surface area (Å²) < 4.78 is 10.1. The highest BCUT2D eigenvalue weighted by Crippen LogP contribution is 2.27. The van der Waals surface area contributed by atoms with E-state index in [9.17, 15) is 5.21 Å². The third-order valence-corrected chi connectivity index (χ3v) is 1.87. The van der Waals surface area contributed by atoms with E-state index in [1.54, 1.807) is 18.2 Å². The second-order valence-corrected chi connectivity index (χ2v) is 2.79. The average molecular weight is 212 g/mol. The van der Waals surface area contributed by atoms with Gasteiger partial charge in [-0.2, -0.15) is 0 Å². The van der Waals surface area contributed by atoms with Crippen LogP contribution in [0.3, 0.4) is 0 Å². The molecule has 0 unspecified atom stereocenters. The van der Waals surface area contributed by atoms with E-state index >= 15 is 0 Å². The van der Waals surface area contributed by atoms with Crippen LogP contribution in [0.2, 0.25) is 0 Å². The fourth-order valence-electron chi connectivity index (χ4n) is 1.17. The number of hydroxylamine groups is 1. The van der Waals surface area contributed by atoms with Crippen molar-refractivity contribution in [3.8, 4) is 11.5 Å². The molecule has 0 spiro atoms. The molecule has 1 N–H and O–H groups in total. The van der Waals surface area contributed by atoms with E-state index in [1.807, 2.05) is 0 Å². The first kappa shape index (κ1) is 11.1. The average Bonchev–Trinajstić information content (AvgIpc) is 2.28. The predicted molar refractivity (Wildman–Crippen MR) is 51.1 cm³/mol. The van der Waals surface area contributed by atoms with E-state index < -0.39 is 0 Å². The van der Waals surface area contributed by atoms with Crippen molar-refractivity contribution >= 4 is 0 Å². The number of benzene rings is 1. The molecule has 0 amide bonds. The Kier molecular flexibility index (Phi) is 3.73. The highest BCUT2D eigenvalue weighted by molar-refractivity contribution is 5.42. The molecule has 0 heterocycles. The van der Waals surface area contributed by atoms with Gasteiger partial charge in [-0.1, -0.05) is 4.86 Å². The van der Waals surface area contributed by atoms with Gasteiger partial charge < -0.3 is 19.9 Å². The third kappa shape index (κ3) is 2.73. The summed E-state index contributed by atoms with van der Waals surface area (Å²) >= 11 is 0. The van der Waals surface area contributed by atoms with Gasteiger partial charge in [0.2, 0.25) is 6.54 Å². The molecule has 0 fully saturated rings. The van der Waals surface area contributed by atoms with E-state index in [0.717, 1.165) is 0 Å². The zero-order valence-corrected chi connectivity index (χ0v) is 8.51. The Morgan fingerprint density at radius 3 is 2.53 bits per heavy atom. The highest BCUT2D eigenvalue weighted by Gasteiger charge is 2.07. The van der Waals surface area contributed by atoms with E-state index in [0.29, 0.717) is 17.1 Å². The smallest absolute Gasteiger partial charge is 0.209 e. The lowest BCUT2D eigenvalue weighted by Crippen LogP contribution is -2.01. The number of ether oxygens (including phenoxy) is 2. The molecular weight excluding hydrogens is 200 g/mol. The molecule has 0 aromatic heterocycles. The first-order chi connectivity index (χ1) is 7.21. The molecule has 0 aliphatic carbocycles. The van der Waals surface area contributed by atoms with Gasteiger partial charge in [0, 0.05) is 5.56 Å². The Balaban J connectivity index is 2.93. The number of methoxy groups -OCH3 is 2. The number of nitrogens with zero attached hydrogens (tertiary/aromatic N) is 2. The van der Waals surface area contributed by atoms with Crippen molar-refractivity contribution in [1.29, 1.82) is 0 Å². The van der Waals surface area contributed by atoms with Gasteiger partial charge in [-0.25, -0.2) is 0 Å². The maximum Gasteiger partial charge on any atom is 0.209 e. The molecule has 6 heteroatoms. The summed E-state index contributed by atoms with van der Waals surface area (Å²) in [5, 5.41) is 21.5. The molecule has 1 aromatic carbocycles. The predicted octanol–water partition coefficient (Wildman–Crippen LogP) is 1.56. The maximum atomic E-state index is 10.8. The molecule has 0 saturated heterocycles. The second-order valence-electron chi connectivity index (χ2n) is 2.79. The molecule has 1 aromatic rings. The summed E-state index contributed by atoms with van der Waals surface area (Å²) in [6.07, 6.45) is 0. The van der Waals surface area contributed by atoms with Crippen LogP contribution in [0.25, 0.3) is 0 Å². The summed E-state index contributed by atoms with van der Waals surface area (Å²) in [5.41, 5.74) is 0.667. The van der Waals surface area contributed by atoms with E-state index in [4.69, 9.17) is 14.7 Å². The van der Waals surface area contributed by atoms with Crippen molar-refractivity contribution in [2.24, 2.45) is 5.28 Å². The van der Waals surface area contributed by atoms with Crippen LogP contribution in [0.4, 0.5) is 0 Å². The minimum Gasteiger partial charge on any atom is -0.597 e. The first-order valence-electron chi connectivity index (χ1n) is 4.22. The Labute approximate surface area is 86.9 Å². The molecule has 15 heavy (non-hydrogen) atoms. The van der Waals surface area contributed by atoms with Crippen LogP contribution in [0.1, 0.15) is 5.56 Å². The van der Waals surface area contributed by atoms with Crippen LogP contribution in [-0.4, -0.2) is 24.3 Å². The van der Waals surface area contributed by atoms with Crippen molar-refractivity contribution in [1.82, 2.24) is 0 Å². The fraction of sp³-hybridized carbons (Fsp3) is 0.333. The zero-order valence-electron chi connectivity index (χ0n) is 8.51. The zero-order chi connectivity index (χ0) is 11.3. The van der Waals surface area contributed by atoms with Crippen LogP contribution in [0, 0.1) is 5.21 Å². The first-order valence-corrected chi connectivity index (χ1v) is 4.22. The quantitative estimate of drug-likeness (QED) is 0.466. The minimum atomic E-state index is -0.0448. The maximum absolute atomic E-state index is 10.8. The SMILES string of the molecule is COc1ccc(C/[N+]([O-])=N/O)cc1OC. The molecule has 0 aliphatic rings. The molecule has 1 rings (SSSR count). The highest BCUT2D eigenvalue weighted by atomic mass is 16.6. The lowest BCUT2D eigenvalue weighted by atomic mass is 10.2. The number of hydrogen-bond acceptors (Lipinski definition) is 4. The number of hydrogen-bond donors (Lipinski definition) is 1. The van der Waals surface area contributed by atoms with Crippen molar-refractivity contribution in [3.63, 3.8) is 0 Å². The Morgan fingerprint density at radius 2 is 2.00 bits per heavy atom. The van der Waals surface area contributed by atoms with E-state index in [-0.39, 0.29) is 11.4 Å². The molecule has 0 aliphatic heterocycles. The lowest BCUT2D eigenvalue weighted by Gasteiger charge is -2.08. The van der Waals surface area contributed by atoms with Crippen LogP contribution < -0.4 is 9.47 Å². The van der Waals surface area contributed by atoms with Crippen LogP contribution in [0.5, 0.6) is 11.5 Å². The van der Waals surface area contributed by atoms with Gasteiger partial charge in [-0.3, -0.25) is 0 Å². The third-order valence-electron chi connectivity index (χ3n) is 1.87. The minimum absolute atomic E-state index is 0.0448. The molecular formula is C9H12N2O4. The Hall–Kier alpha value is -1.98. The van der Waals surface area contributed by atoms with E-state index in [1.165, 1.54) is 14.2 Å². The monoisotopic (exact) mass is 212 g/mol. The van der Waals surface area contributed by atoms with Gasteiger partial charge in [-0.15, -0.1) is 0 Å². The van der Waals surface area contributed by atoms with Gasteiger partial charge in [0.15, 0.2) is 16.8 Å². The summed E-state index contributed by atoms with van der Waals surface area (Å²) in [6, 6.07) is 5.02. The summed E-state index contributed by atoms with van der Waals surface area (Å²) in [5.74, 6) is 1.11. The Morgan fingerprint density at radius 1 is 1.33 bits per heavy atom. The summed E-state index contributed by atoms with van der Waals surface area (Å²) in [6.45, 7) is -0.0448. The summed E-state index contributed by atoms with van der Waals surface area (Å²) in [4.78, 5) is 0.168. The lowest BCUT2D eigenvalue weighted by molar-refractivity contribution is -0.570. The molecule has 82 valence electrons. The molecule has 0 bridgehead atoms. The largest absolute Gasteiger partial charge is 0.597 e. The van der Waals surface area contributed by atoms with Crippen molar-refractivity contribution in [2.45, 2.75) is 6.54 Å². The number of rotatable bonds is 4. The van der Waals surface area contributed by atoms with Gasteiger partial charge in [0.1, 0.15) is 0 Å². The van der Waals surface area contributed by atoms with Crippen molar-refractivity contribution < 1.29 is 19.5 Å². The molecule has 0 radical (unpaired) electrons. The van der Waals surface area contributed by atoms with Crippen LogP contribution in [0.15, 0.2) is 23.5 Å². The molecule has 6 nitrogen and oxygen atoms in total.